The van der Waals surface area contributed by atoms with Crippen molar-refractivity contribution in [2.45, 2.75) is 26.3 Å². The predicted molar refractivity (Wildman–Crippen MR) is 64.5 cm³/mol. The molecule has 2 N–H and O–H groups in total. The van der Waals surface area contributed by atoms with Crippen LogP contribution in [0.3, 0.4) is 0 Å². The molecule has 16 heavy (non-hydrogen) atoms. The van der Waals surface area contributed by atoms with Gasteiger partial charge in [0.05, 0.1) is 0 Å². The normalized spacial score (nSPS) is 21.5. The minimum absolute atomic E-state index is 0.199. The highest BCUT2D eigenvalue weighted by atomic mass is 19.1. The number of halogens is 1. The first-order chi connectivity index (χ1) is 7.69. The third-order valence-electron chi connectivity index (χ3n) is 3.45. The fraction of sp³-hybridized carbons (Fsp3) is 0.538. The van der Waals surface area contributed by atoms with E-state index >= 15 is 0 Å². The second-order valence-electron chi connectivity index (χ2n) is 4.64. The van der Waals surface area contributed by atoms with Gasteiger partial charge in [-0.3, -0.25) is 4.90 Å². The van der Waals surface area contributed by atoms with Crippen molar-refractivity contribution >= 4 is 5.69 Å². The van der Waals surface area contributed by atoms with Crippen LogP contribution in [0.25, 0.3) is 0 Å². The maximum atomic E-state index is 13.1. The summed E-state index contributed by atoms with van der Waals surface area (Å²) in [6, 6.07) is 4.62. The average molecular weight is 222 g/mol. The third kappa shape index (κ3) is 2.53. The molecule has 1 aliphatic rings. The topological polar surface area (TPSA) is 29.3 Å². The molecule has 1 fully saturated rings. The molecule has 1 unspecified atom stereocenters. The largest absolute Gasteiger partial charge is 0.398 e. The second kappa shape index (κ2) is 4.83. The zero-order chi connectivity index (χ0) is 11.5. The average Bonchev–Trinajstić information content (AvgIpc) is 2.71. The van der Waals surface area contributed by atoms with Crippen LogP contribution in [-0.2, 0) is 6.54 Å². The van der Waals surface area contributed by atoms with Gasteiger partial charge >= 0.3 is 0 Å². The lowest BCUT2D eigenvalue weighted by atomic mass is 10.1. The van der Waals surface area contributed by atoms with E-state index in [9.17, 15) is 4.39 Å². The summed E-state index contributed by atoms with van der Waals surface area (Å²) in [5, 5.41) is 0. The molecule has 1 heterocycles. The Hall–Kier alpha value is -1.09. The van der Waals surface area contributed by atoms with Gasteiger partial charge in [0, 0.05) is 18.8 Å². The summed E-state index contributed by atoms with van der Waals surface area (Å²) in [5.74, 6) is 0.602. The third-order valence-corrected chi connectivity index (χ3v) is 3.45. The van der Waals surface area contributed by atoms with Crippen LogP contribution >= 0.6 is 0 Å². The quantitative estimate of drug-likeness (QED) is 0.797. The summed E-state index contributed by atoms with van der Waals surface area (Å²) >= 11 is 0. The molecule has 88 valence electrons. The van der Waals surface area contributed by atoms with E-state index in [1.54, 1.807) is 12.1 Å². The lowest BCUT2D eigenvalue weighted by Gasteiger charge is -2.17. The van der Waals surface area contributed by atoms with Crippen molar-refractivity contribution in [2.75, 3.05) is 18.8 Å². The molecule has 1 atom stereocenters. The number of benzene rings is 1. The van der Waals surface area contributed by atoms with E-state index in [0.29, 0.717) is 5.69 Å². The second-order valence-corrected chi connectivity index (χ2v) is 4.64. The zero-order valence-electron chi connectivity index (χ0n) is 9.75. The minimum Gasteiger partial charge on any atom is -0.398 e. The molecule has 0 spiro atoms. The molecule has 2 nitrogen and oxygen atoms in total. The molecular weight excluding hydrogens is 203 g/mol. The molecule has 0 aromatic heterocycles. The van der Waals surface area contributed by atoms with Crippen LogP contribution in [0.1, 0.15) is 25.3 Å². The molecule has 1 aromatic carbocycles. The molecule has 1 aliphatic heterocycles. The van der Waals surface area contributed by atoms with Crippen LogP contribution in [0.4, 0.5) is 10.1 Å². The predicted octanol–water partition coefficient (Wildman–Crippen LogP) is 2.64. The van der Waals surface area contributed by atoms with Crippen molar-refractivity contribution in [3.05, 3.63) is 29.6 Å². The van der Waals surface area contributed by atoms with Crippen molar-refractivity contribution in [3.63, 3.8) is 0 Å². The van der Waals surface area contributed by atoms with E-state index in [-0.39, 0.29) is 5.82 Å². The molecule has 1 saturated heterocycles. The van der Waals surface area contributed by atoms with Crippen molar-refractivity contribution in [1.82, 2.24) is 4.90 Å². The number of nitrogens with two attached hydrogens (primary N) is 1. The number of nitrogen functional groups attached to an aromatic ring is 1. The van der Waals surface area contributed by atoms with E-state index in [0.717, 1.165) is 31.1 Å². The van der Waals surface area contributed by atoms with Gasteiger partial charge in [-0.1, -0.05) is 13.3 Å². The van der Waals surface area contributed by atoms with Gasteiger partial charge in [0.1, 0.15) is 5.82 Å². The number of nitrogens with zero attached hydrogens (tertiary/aromatic N) is 1. The summed E-state index contributed by atoms with van der Waals surface area (Å²) in [5.41, 5.74) is 7.45. The number of anilines is 1. The Morgan fingerprint density at radius 3 is 3.00 bits per heavy atom. The number of hydrogen-bond acceptors (Lipinski definition) is 2. The smallest absolute Gasteiger partial charge is 0.123 e. The minimum atomic E-state index is -0.199. The Labute approximate surface area is 96.2 Å². The molecule has 1 aromatic rings. The van der Waals surface area contributed by atoms with Crippen LogP contribution in [0.2, 0.25) is 0 Å². The van der Waals surface area contributed by atoms with E-state index in [4.69, 9.17) is 5.73 Å². The molecular formula is C13H19FN2. The van der Waals surface area contributed by atoms with E-state index in [1.807, 2.05) is 0 Å². The first-order valence-electron chi connectivity index (χ1n) is 5.95. The number of rotatable bonds is 3. The van der Waals surface area contributed by atoms with Gasteiger partial charge in [0.15, 0.2) is 0 Å². The first kappa shape index (κ1) is 11.4. The Balaban J connectivity index is 2.01. The van der Waals surface area contributed by atoms with Crippen LogP contribution < -0.4 is 5.73 Å². The summed E-state index contributed by atoms with van der Waals surface area (Å²) in [4.78, 5) is 2.36. The summed E-state index contributed by atoms with van der Waals surface area (Å²) in [6.07, 6.45) is 2.49. The highest BCUT2D eigenvalue weighted by molar-refractivity contribution is 5.46. The Kier molecular flexibility index (Phi) is 3.44. The molecule has 0 amide bonds. The van der Waals surface area contributed by atoms with Crippen LogP contribution in [0, 0.1) is 11.7 Å². The molecule has 3 heteroatoms. The Morgan fingerprint density at radius 2 is 2.31 bits per heavy atom. The summed E-state index contributed by atoms with van der Waals surface area (Å²) in [6.45, 7) is 5.23. The van der Waals surface area contributed by atoms with Gasteiger partial charge in [0.25, 0.3) is 0 Å². The van der Waals surface area contributed by atoms with E-state index in [1.165, 1.54) is 18.9 Å². The van der Waals surface area contributed by atoms with E-state index in [2.05, 4.69) is 11.8 Å². The lowest BCUT2D eigenvalue weighted by Crippen LogP contribution is -2.20. The molecule has 0 radical (unpaired) electrons. The Morgan fingerprint density at radius 1 is 1.50 bits per heavy atom. The van der Waals surface area contributed by atoms with Gasteiger partial charge < -0.3 is 5.73 Å². The monoisotopic (exact) mass is 222 g/mol. The van der Waals surface area contributed by atoms with Crippen molar-refractivity contribution in [2.24, 2.45) is 5.92 Å². The Bertz CT molecular complexity index is 365. The van der Waals surface area contributed by atoms with Crippen LogP contribution in [-0.4, -0.2) is 18.0 Å². The maximum absolute atomic E-state index is 13.1. The van der Waals surface area contributed by atoms with Crippen LogP contribution in [0.15, 0.2) is 18.2 Å². The fourth-order valence-corrected chi connectivity index (χ4v) is 2.34. The molecule has 2 rings (SSSR count). The SMILES string of the molecule is CCC1CCN(Cc2cc(F)ccc2N)C1. The van der Waals surface area contributed by atoms with E-state index < -0.39 is 0 Å². The molecule has 0 aliphatic carbocycles. The van der Waals surface area contributed by atoms with Gasteiger partial charge in [-0.25, -0.2) is 4.39 Å². The maximum Gasteiger partial charge on any atom is 0.123 e. The highest BCUT2D eigenvalue weighted by Crippen LogP contribution is 2.23. The van der Waals surface area contributed by atoms with Gasteiger partial charge in [-0.05, 0) is 42.6 Å². The van der Waals surface area contributed by atoms with Crippen molar-refractivity contribution in [1.29, 1.82) is 0 Å². The van der Waals surface area contributed by atoms with Gasteiger partial charge in [-0.2, -0.15) is 0 Å². The van der Waals surface area contributed by atoms with Crippen LogP contribution in [0.5, 0.6) is 0 Å². The number of hydrogen-bond donors (Lipinski definition) is 1. The highest BCUT2D eigenvalue weighted by Gasteiger charge is 2.21. The van der Waals surface area contributed by atoms with Gasteiger partial charge in [0.2, 0.25) is 0 Å². The molecule has 0 saturated carbocycles. The van der Waals surface area contributed by atoms with Crippen molar-refractivity contribution < 1.29 is 4.39 Å². The fourth-order valence-electron chi connectivity index (χ4n) is 2.34. The number of likely N-dealkylation sites (tertiary alicyclic amines) is 1. The first-order valence-corrected chi connectivity index (χ1v) is 5.95. The van der Waals surface area contributed by atoms with Crippen molar-refractivity contribution in [3.8, 4) is 0 Å². The molecule has 0 bridgehead atoms. The zero-order valence-corrected chi connectivity index (χ0v) is 9.75. The summed E-state index contributed by atoms with van der Waals surface area (Å²) < 4.78 is 13.1. The lowest BCUT2D eigenvalue weighted by molar-refractivity contribution is 0.315. The standard InChI is InChI=1S/C13H19FN2/c1-2-10-5-6-16(8-10)9-11-7-12(14)3-4-13(11)15/h3-4,7,10H,2,5-6,8-9,15H2,1H3. The summed E-state index contributed by atoms with van der Waals surface area (Å²) in [7, 11) is 0. The van der Waals surface area contributed by atoms with Gasteiger partial charge in [-0.15, -0.1) is 0 Å².